The van der Waals surface area contributed by atoms with Crippen LogP contribution in [-0.4, -0.2) is 45.1 Å². The van der Waals surface area contributed by atoms with Gasteiger partial charge in [-0.05, 0) is 31.9 Å². The molecule has 0 radical (unpaired) electrons. The molecule has 0 aromatic rings. The van der Waals surface area contributed by atoms with Gasteiger partial charge in [0.25, 0.3) is 0 Å². The summed E-state index contributed by atoms with van der Waals surface area (Å²) in [6.45, 7) is 3.46. The first-order valence-electron chi connectivity index (χ1n) is 5.63. The highest BCUT2D eigenvalue weighted by molar-refractivity contribution is 8.67. The van der Waals surface area contributed by atoms with Gasteiger partial charge in [0.2, 0.25) is 5.69 Å². The van der Waals surface area contributed by atoms with Gasteiger partial charge in [-0.1, -0.05) is 11.4 Å². The summed E-state index contributed by atoms with van der Waals surface area (Å²) in [6, 6.07) is 0. The van der Waals surface area contributed by atoms with E-state index in [1.165, 1.54) is 18.5 Å². The smallest absolute Gasteiger partial charge is 0.322 e. The van der Waals surface area contributed by atoms with Gasteiger partial charge in [0.15, 0.2) is 5.92 Å². The lowest BCUT2D eigenvalue weighted by Gasteiger charge is -2.20. The van der Waals surface area contributed by atoms with Crippen LogP contribution >= 0.6 is 17.1 Å². The van der Waals surface area contributed by atoms with Crippen LogP contribution in [0.25, 0.3) is 0 Å². The fourth-order valence-electron chi connectivity index (χ4n) is 1.06. The van der Waals surface area contributed by atoms with Crippen LogP contribution in [0.2, 0.25) is 0 Å². The number of ether oxygens (including phenoxy) is 2. The van der Waals surface area contributed by atoms with E-state index in [0.29, 0.717) is 0 Å². The topological polar surface area (TPSA) is 71.1 Å². The van der Waals surface area contributed by atoms with E-state index in [-0.39, 0.29) is 19.8 Å². The molecule has 0 N–H and O–H groups in total. The van der Waals surface area contributed by atoms with E-state index in [0.717, 1.165) is 0 Å². The minimum absolute atomic E-state index is 0.176. The Balaban J connectivity index is 4.72. The van der Waals surface area contributed by atoms with Crippen molar-refractivity contribution in [3.63, 3.8) is 0 Å². The molecule has 0 aromatic heterocycles. The number of esters is 2. The van der Waals surface area contributed by atoms with Gasteiger partial charge < -0.3 is 18.5 Å². The number of carbonyl (C=O) groups excluding carboxylic acids is 2. The van der Waals surface area contributed by atoms with E-state index >= 15 is 0 Å². The average molecular weight is 330 g/mol. The molecule has 0 aliphatic carbocycles. The Morgan fingerprint density at radius 1 is 1.21 bits per heavy atom. The SMILES string of the molecule is CCOC(=O)C(COP(=S)(OC)SC)C(=O)OCC. The Morgan fingerprint density at radius 2 is 1.68 bits per heavy atom. The Bertz CT molecular complexity index is 323. The van der Waals surface area contributed by atoms with Crippen LogP contribution in [0.4, 0.5) is 0 Å². The maximum Gasteiger partial charge on any atom is 0.322 e. The monoisotopic (exact) mass is 330 g/mol. The predicted molar refractivity (Wildman–Crippen MR) is 77.5 cm³/mol. The van der Waals surface area contributed by atoms with Gasteiger partial charge in [-0.2, -0.15) is 0 Å². The summed E-state index contributed by atoms with van der Waals surface area (Å²) in [4.78, 5) is 23.4. The third kappa shape index (κ3) is 6.72. The third-order valence-corrected chi connectivity index (χ3v) is 7.56. The molecule has 0 saturated heterocycles. The van der Waals surface area contributed by atoms with Crippen molar-refractivity contribution in [2.24, 2.45) is 5.92 Å². The zero-order valence-corrected chi connectivity index (χ0v) is 13.9. The molecule has 0 fully saturated rings. The molecular formula is C10H19O6PS2. The minimum atomic E-state index is -2.52. The summed E-state index contributed by atoms with van der Waals surface area (Å²) < 4.78 is 20.1. The normalized spacial score (nSPS) is 13.9. The Morgan fingerprint density at radius 3 is 2.00 bits per heavy atom. The van der Waals surface area contributed by atoms with E-state index in [1.807, 2.05) is 0 Å². The van der Waals surface area contributed by atoms with E-state index in [9.17, 15) is 9.59 Å². The van der Waals surface area contributed by atoms with Crippen molar-refractivity contribution in [1.29, 1.82) is 0 Å². The second-order valence-electron chi connectivity index (χ2n) is 3.16. The molecule has 0 heterocycles. The van der Waals surface area contributed by atoms with Gasteiger partial charge in [0, 0.05) is 7.11 Å². The van der Waals surface area contributed by atoms with Crippen molar-refractivity contribution in [3.05, 3.63) is 0 Å². The molecule has 0 bridgehead atoms. The maximum atomic E-state index is 11.7. The van der Waals surface area contributed by atoms with Crippen molar-refractivity contribution in [2.75, 3.05) is 33.2 Å². The van der Waals surface area contributed by atoms with Crippen LogP contribution in [0.15, 0.2) is 0 Å². The Labute approximate surface area is 122 Å². The lowest BCUT2D eigenvalue weighted by atomic mass is 10.2. The van der Waals surface area contributed by atoms with Gasteiger partial charge >= 0.3 is 11.9 Å². The fourth-order valence-corrected chi connectivity index (χ4v) is 2.88. The number of hydrogen-bond acceptors (Lipinski definition) is 8. The summed E-state index contributed by atoms with van der Waals surface area (Å²) in [5, 5.41) is 0. The highest BCUT2D eigenvalue weighted by Gasteiger charge is 2.32. The Kier molecular flexibility index (Phi) is 9.64. The van der Waals surface area contributed by atoms with Crippen molar-refractivity contribution in [2.45, 2.75) is 13.8 Å². The lowest BCUT2D eigenvalue weighted by molar-refractivity contribution is -0.162. The molecule has 0 rings (SSSR count). The van der Waals surface area contributed by atoms with E-state index < -0.39 is 23.6 Å². The second kappa shape index (κ2) is 9.72. The van der Waals surface area contributed by atoms with Gasteiger partial charge in [0.1, 0.15) is 0 Å². The zero-order chi connectivity index (χ0) is 14.9. The van der Waals surface area contributed by atoms with Crippen molar-refractivity contribution in [1.82, 2.24) is 0 Å². The van der Waals surface area contributed by atoms with E-state index in [1.54, 1.807) is 20.1 Å². The first-order valence-corrected chi connectivity index (χ1v) is 10.1. The van der Waals surface area contributed by atoms with Crippen molar-refractivity contribution < 1.29 is 28.1 Å². The zero-order valence-electron chi connectivity index (χ0n) is 11.4. The summed E-state index contributed by atoms with van der Waals surface area (Å²) in [7, 11) is 1.43. The molecule has 0 aromatic carbocycles. The third-order valence-electron chi connectivity index (χ3n) is 1.99. The summed E-state index contributed by atoms with van der Waals surface area (Å²) in [5.74, 6) is -2.50. The first-order chi connectivity index (χ1) is 8.94. The molecular weight excluding hydrogens is 311 g/mol. The van der Waals surface area contributed by atoms with Crippen molar-refractivity contribution in [3.8, 4) is 0 Å². The van der Waals surface area contributed by atoms with Crippen LogP contribution in [0.5, 0.6) is 0 Å². The van der Waals surface area contributed by atoms with Gasteiger partial charge in [-0.25, -0.2) is 0 Å². The largest absolute Gasteiger partial charge is 0.465 e. The first kappa shape index (κ1) is 18.9. The van der Waals surface area contributed by atoms with Gasteiger partial charge in [0.05, 0.1) is 19.8 Å². The summed E-state index contributed by atoms with van der Waals surface area (Å²) >= 11 is 6.39. The average Bonchev–Trinajstić information content (AvgIpc) is 2.39. The molecule has 9 heteroatoms. The standard InChI is InChI=1S/C10H19O6PS2/c1-5-14-9(11)8(10(12)15-6-2)7-16-17(18,13-3)19-4/h8H,5-7H2,1-4H3. The molecule has 1 unspecified atom stereocenters. The second-order valence-corrected chi connectivity index (χ2v) is 9.72. The number of carbonyl (C=O) groups is 2. The van der Waals surface area contributed by atoms with E-state index in [2.05, 4.69) is 0 Å². The van der Waals surface area contributed by atoms with Crippen LogP contribution in [-0.2, 0) is 39.9 Å². The highest BCUT2D eigenvalue weighted by Crippen LogP contribution is 2.59. The lowest BCUT2D eigenvalue weighted by Crippen LogP contribution is -2.31. The van der Waals surface area contributed by atoms with Crippen LogP contribution in [0.3, 0.4) is 0 Å². The quantitative estimate of drug-likeness (QED) is 0.361. The number of hydrogen-bond donors (Lipinski definition) is 0. The highest BCUT2D eigenvalue weighted by atomic mass is 32.9. The van der Waals surface area contributed by atoms with Crippen LogP contribution in [0.1, 0.15) is 13.8 Å². The Hall–Kier alpha value is -0.140. The minimum Gasteiger partial charge on any atom is -0.465 e. The molecule has 0 spiro atoms. The summed E-state index contributed by atoms with van der Waals surface area (Å²) in [5.41, 5.74) is -2.52. The molecule has 0 amide bonds. The van der Waals surface area contributed by atoms with Crippen LogP contribution in [0, 0.1) is 5.92 Å². The van der Waals surface area contributed by atoms with Crippen molar-refractivity contribution >= 4 is 40.8 Å². The summed E-state index contributed by atoms with van der Waals surface area (Å²) in [6.07, 6.45) is 1.74. The molecule has 0 aliphatic rings. The molecule has 112 valence electrons. The van der Waals surface area contributed by atoms with Gasteiger partial charge in [-0.3, -0.25) is 9.59 Å². The van der Waals surface area contributed by atoms with E-state index in [4.69, 9.17) is 30.3 Å². The molecule has 0 aliphatic heterocycles. The predicted octanol–water partition coefficient (Wildman–Crippen LogP) is 1.98. The molecule has 19 heavy (non-hydrogen) atoms. The van der Waals surface area contributed by atoms with Crippen LogP contribution < -0.4 is 0 Å². The van der Waals surface area contributed by atoms with Gasteiger partial charge in [-0.15, -0.1) is 0 Å². The fraction of sp³-hybridized carbons (Fsp3) is 0.800. The maximum absolute atomic E-state index is 11.7. The number of rotatable bonds is 9. The molecule has 6 nitrogen and oxygen atoms in total. The molecule has 0 saturated carbocycles. The molecule has 1 atom stereocenters.